The maximum atomic E-state index is 12.3. The molecule has 0 aliphatic carbocycles. The van der Waals surface area contributed by atoms with Crippen molar-refractivity contribution in [1.82, 2.24) is 5.43 Å². The standard InChI is InChI=1S/C26H22N2O2/c1-19(22-16-9-13-20-12-5-6-14-23(20)22)27-28-26(29)18-30-25-17-8-7-15-24(25)21-10-3-2-4-11-21/h2-17H,18H2,1H3,(H,28,29). The molecule has 0 radical (unpaired) electrons. The summed E-state index contributed by atoms with van der Waals surface area (Å²) in [5.74, 6) is 0.353. The summed E-state index contributed by atoms with van der Waals surface area (Å²) < 4.78 is 5.78. The number of nitrogens with zero attached hydrogens (tertiary/aromatic N) is 1. The number of carbonyl (C=O) groups is 1. The van der Waals surface area contributed by atoms with E-state index in [-0.39, 0.29) is 12.5 Å². The van der Waals surface area contributed by atoms with Crippen LogP contribution in [0.2, 0.25) is 0 Å². The highest BCUT2D eigenvalue weighted by molar-refractivity contribution is 6.09. The number of hydrogen-bond donors (Lipinski definition) is 1. The summed E-state index contributed by atoms with van der Waals surface area (Å²) >= 11 is 0. The number of fused-ring (bicyclic) bond motifs is 1. The minimum Gasteiger partial charge on any atom is -0.483 e. The Morgan fingerprint density at radius 1 is 0.833 bits per heavy atom. The highest BCUT2D eigenvalue weighted by Crippen LogP contribution is 2.29. The fourth-order valence-corrected chi connectivity index (χ4v) is 3.37. The molecule has 0 aliphatic rings. The molecule has 1 amide bonds. The molecule has 0 aliphatic heterocycles. The van der Waals surface area contributed by atoms with Gasteiger partial charge in [0.2, 0.25) is 0 Å². The van der Waals surface area contributed by atoms with Crippen LogP contribution in [-0.2, 0) is 4.79 Å². The summed E-state index contributed by atoms with van der Waals surface area (Å²) in [4.78, 5) is 12.3. The summed E-state index contributed by atoms with van der Waals surface area (Å²) in [6, 6.07) is 31.8. The van der Waals surface area contributed by atoms with Crippen LogP contribution in [-0.4, -0.2) is 18.2 Å². The molecular formula is C26H22N2O2. The summed E-state index contributed by atoms with van der Waals surface area (Å²) in [5, 5.41) is 6.51. The van der Waals surface area contributed by atoms with Gasteiger partial charge in [0.25, 0.3) is 5.91 Å². The van der Waals surface area contributed by atoms with Crippen molar-refractivity contribution >= 4 is 22.4 Å². The van der Waals surface area contributed by atoms with Crippen LogP contribution in [0.3, 0.4) is 0 Å². The molecule has 0 saturated carbocycles. The Morgan fingerprint density at radius 3 is 2.40 bits per heavy atom. The normalized spacial score (nSPS) is 11.3. The van der Waals surface area contributed by atoms with Gasteiger partial charge in [-0.15, -0.1) is 0 Å². The minimum absolute atomic E-state index is 0.115. The Hall–Kier alpha value is -3.92. The number of hydrazone groups is 1. The summed E-state index contributed by atoms with van der Waals surface area (Å²) in [6.45, 7) is 1.77. The van der Waals surface area contributed by atoms with Crippen LogP contribution >= 0.6 is 0 Å². The third-order valence-corrected chi connectivity index (χ3v) is 4.86. The minimum atomic E-state index is -0.308. The van der Waals surface area contributed by atoms with Gasteiger partial charge < -0.3 is 4.74 Å². The smallest absolute Gasteiger partial charge is 0.277 e. The number of rotatable bonds is 6. The quantitative estimate of drug-likeness (QED) is 0.350. The van der Waals surface area contributed by atoms with Crippen LogP contribution in [0, 0.1) is 0 Å². The fraction of sp³-hybridized carbons (Fsp3) is 0.0769. The van der Waals surface area contributed by atoms with Gasteiger partial charge in [-0.2, -0.15) is 5.10 Å². The third kappa shape index (κ3) is 4.39. The molecule has 4 aromatic carbocycles. The molecule has 1 N–H and O–H groups in total. The number of ether oxygens (including phenoxy) is 1. The first-order chi connectivity index (χ1) is 14.7. The molecule has 30 heavy (non-hydrogen) atoms. The SMILES string of the molecule is CC(=NNC(=O)COc1ccccc1-c1ccccc1)c1cccc2ccccc12. The largest absolute Gasteiger partial charge is 0.483 e. The van der Waals surface area contributed by atoms with Gasteiger partial charge in [-0.25, -0.2) is 5.43 Å². The van der Waals surface area contributed by atoms with Crippen LogP contribution in [0.25, 0.3) is 21.9 Å². The Morgan fingerprint density at radius 2 is 1.53 bits per heavy atom. The number of carbonyl (C=O) groups excluding carboxylic acids is 1. The maximum Gasteiger partial charge on any atom is 0.277 e. The molecule has 4 aromatic rings. The van der Waals surface area contributed by atoms with Gasteiger partial charge in [0, 0.05) is 11.1 Å². The number of amides is 1. The lowest BCUT2D eigenvalue weighted by Gasteiger charge is -2.11. The highest BCUT2D eigenvalue weighted by atomic mass is 16.5. The van der Waals surface area contributed by atoms with Crippen molar-refractivity contribution in [2.75, 3.05) is 6.61 Å². The Labute approximate surface area is 175 Å². The Kier molecular flexibility index (Phi) is 5.85. The third-order valence-electron chi connectivity index (χ3n) is 4.86. The molecule has 0 unspecified atom stereocenters. The Bertz CT molecular complexity index is 1190. The highest BCUT2D eigenvalue weighted by Gasteiger charge is 2.09. The van der Waals surface area contributed by atoms with Crippen molar-refractivity contribution in [3.8, 4) is 16.9 Å². The zero-order chi connectivity index (χ0) is 20.8. The van der Waals surface area contributed by atoms with Crippen molar-refractivity contribution in [1.29, 1.82) is 0 Å². The van der Waals surface area contributed by atoms with Gasteiger partial charge in [0.05, 0.1) is 5.71 Å². The van der Waals surface area contributed by atoms with Gasteiger partial charge in [-0.3, -0.25) is 4.79 Å². The number of para-hydroxylation sites is 1. The summed E-state index contributed by atoms with van der Waals surface area (Å²) in [5.41, 5.74) is 6.32. The monoisotopic (exact) mass is 394 g/mol. The van der Waals surface area contributed by atoms with Gasteiger partial charge in [-0.1, -0.05) is 91.0 Å². The van der Waals surface area contributed by atoms with E-state index in [2.05, 4.69) is 28.7 Å². The van der Waals surface area contributed by atoms with Crippen LogP contribution < -0.4 is 10.2 Å². The molecule has 0 heterocycles. The number of hydrogen-bond acceptors (Lipinski definition) is 3. The van der Waals surface area contributed by atoms with E-state index < -0.39 is 0 Å². The first-order valence-electron chi connectivity index (χ1n) is 9.81. The van der Waals surface area contributed by atoms with Crippen LogP contribution in [0.5, 0.6) is 5.75 Å². The van der Waals surface area contributed by atoms with E-state index in [4.69, 9.17) is 4.74 Å². The average molecular weight is 394 g/mol. The molecular weight excluding hydrogens is 372 g/mol. The van der Waals surface area contributed by atoms with Crippen molar-refractivity contribution in [3.63, 3.8) is 0 Å². The second-order valence-electron chi connectivity index (χ2n) is 6.91. The van der Waals surface area contributed by atoms with E-state index in [1.54, 1.807) is 0 Å². The zero-order valence-electron chi connectivity index (χ0n) is 16.7. The molecule has 0 atom stereocenters. The molecule has 0 fully saturated rings. The lowest BCUT2D eigenvalue weighted by Crippen LogP contribution is -2.25. The molecule has 4 rings (SSSR count). The predicted molar refractivity (Wildman–Crippen MR) is 122 cm³/mol. The van der Waals surface area contributed by atoms with E-state index in [0.717, 1.165) is 33.2 Å². The van der Waals surface area contributed by atoms with Crippen molar-refractivity contribution < 1.29 is 9.53 Å². The number of benzene rings is 4. The lowest BCUT2D eigenvalue weighted by molar-refractivity contribution is -0.123. The molecule has 0 saturated heterocycles. The zero-order valence-corrected chi connectivity index (χ0v) is 16.7. The van der Waals surface area contributed by atoms with E-state index in [1.807, 2.05) is 85.8 Å². The van der Waals surface area contributed by atoms with Crippen molar-refractivity contribution in [2.45, 2.75) is 6.92 Å². The van der Waals surface area contributed by atoms with Crippen molar-refractivity contribution in [3.05, 3.63) is 103 Å². The molecule has 148 valence electrons. The summed E-state index contributed by atoms with van der Waals surface area (Å²) in [6.07, 6.45) is 0. The van der Waals surface area contributed by atoms with Gasteiger partial charge >= 0.3 is 0 Å². The second-order valence-corrected chi connectivity index (χ2v) is 6.91. The first kappa shape index (κ1) is 19.4. The first-order valence-corrected chi connectivity index (χ1v) is 9.81. The average Bonchev–Trinajstić information content (AvgIpc) is 2.81. The second kappa shape index (κ2) is 9.05. The van der Waals surface area contributed by atoms with E-state index in [1.165, 1.54) is 0 Å². The molecule has 0 spiro atoms. The molecule has 0 bridgehead atoms. The Balaban J connectivity index is 1.44. The molecule has 4 heteroatoms. The van der Waals surface area contributed by atoms with Gasteiger partial charge in [0.1, 0.15) is 5.75 Å². The molecule has 0 aromatic heterocycles. The van der Waals surface area contributed by atoms with Crippen LogP contribution in [0.15, 0.2) is 102 Å². The predicted octanol–water partition coefficient (Wildman–Crippen LogP) is 5.43. The van der Waals surface area contributed by atoms with E-state index in [9.17, 15) is 4.79 Å². The van der Waals surface area contributed by atoms with Crippen LogP contribution in [0.1, 0.15) is 12.5 Å². The molecule has 4 nitrogen and oxygen atoms in total. The van der Waals surface area contributed by atoms with Crippen molar-refractivity contribution in [2.24, 2.45) is 5.10 Å². The summed E-state index contributed by atoms with van der Waals surface area (Å²) in [7, 11) is 0. The maximum absolute atomic E-state index is 12.3. The fourth-order valence-electron chi connectivity index (χ4n) is 3.37. The lowest BCUT2D eigenvalue weighted by atomic mass is 10.0. The topological polar surface area (TPSA) is 50.7 Å². The van der Waals surface area contributed by atoms with E-state index in [0.29, 0.717) is 5.75 Å². The van der Waals surface area contributed by atoms with Crippen LogP contribution in [0.4, 0.5) is 0 Å². The van der Waals surface area contributed by atoms with Gasteiger partial charge in [-0.05, 0) is 29.3 Å². The van der Waals surface area contributed by atoms with E-state index >= 15 is 0 Å². The van der Waals surface area contributed by atoms with Gasteiger partial charge in [0.15, 0.2) is 6.61 Å². The number of nitrogens with one attached hydrogen (secondary N) is 1.